The van der Waals surface area contributed by atoms with Gasteiger partial charge < -0.3 is 14.2 Å². The number of alkyl halides is 3. The number of halogens is 3. The largest absolute Gasteiger partial charge is 0.497 e. The Balaban J connectivity index is 1.74. The first-order chi connectivity index (χ1) is 18.3. The first-order valence-corrected chi connectivity index (χ1v) is 11.7. The molecule has 0 bridgehead atoms. The van der Waals surface area contributed by atoms with Gasteiger partial charge in [-0.2, -0.15) is 13.2 Å². The second-order valence-corrected chi connectivity index (χ2v) is 8.37. The van der Waals surface area contributed by atoms with E-state index in [-0.39, 0.29) is 12.4 Å². The number of benzene rings is 3. The smallest absolute Gasteiger partial charge is 0.416 e. The molecule has 0 aliphatic carbocycles. The maximum atomic E-state index is 13.3. The molecular weight excluding hydrogens is 493 g/mol. The first-order valence-electron chi connectivity index (χ1n) is 11.7. The average molecular weight is 519 g/mol. The lowest BCUT2D eigenvalue weighted by molar-refractivity contribution is -0.137. The molecule has 0 radical (unpaired) electrons. The molecule has 0 aliphatic rings. The molecule has 4 rings (SSSR count). The number of rotatable bonds is 7. The highest BCUT2D eigenvalue weighted by Crippen LogP contribution is 2.38. The molecule has 1 aromatic heterocycles. The van der Waals surface area contributed by atoms with E-state index in [4.69, 9.17) is 14.2 Å². The standard InChI is InChI=1S/C30H25F3N2O3/c1-20-26(19-38-18-22-8-5-4-6-9-22)27(15-12-21-10-7-11-24(16-21)36-2)34-35-29(20)25-14-13-23(30(31,32)33)17-28(25)37-3/h4-11,13-14,16-17H,18-19H2,1-3H3. The Morgan fingerprint density at radius 1 is 0.816 bits per heavy atom. The molecule has 4 aromatic rings. The molecule has 0 aliphatic heterocycles. The van der Waals surface area contributed by atoms with Crippen molar-refractivity contribution in [1.82, 2.24) is 10.2 Å². The lowest BCUT2D eigenvalue weighted by atomic mass is 9.99. The number of aromatic nitrogens is 2. The van der Waals surface area contributed by atoms with E-state index in [0.29, 0.717) is 40.4 Å². The van der Waals surface area contributed by atoms with Crippen LogP contribution in [0.3, 0.4) is 0 Å². The third-order valence-electron chi connectivity index (χ3n) is 5.88. The number of methoxy groups -OCH3 is 2. The van der Waals surface area contributed by atoms with Crippen LogP contribution in [0.2, 0.25) is 0 Å². The van der Waals surface area contributed by atoms with Crippen LogP contribution in [0.4, 0.5) is 13.2 Å². The fourth-order valence-corrected chi connectivity index (χ4v) is 3.83. The van der Waals surface area contributed by atoms with E-state index >= 15 is 0 Å². The van der Waals surface area contributed by atoms with Crippen LogP contribution in [0, 0.1) is 18.8 Å². The van der Waals surface area contributed by atoms with Gasteiger partial charge in [0.05, 0.1) is 33.0 Å². The van der Waals surface area contributed by atoms with Crippen molar-refractivity contribution >= 4 is 0 Å². The second kappa shape index (κ2) is 11.8. The molecule has 0 atom stereocenters. The quantitative estimate of drug-likeness (QED) is 0.258. The minimum atomic E-state index is -4.50. The van der Waals surface area contributed by atoms with Gasteiger partial charge in [0.2, 0.25) is 0 Å². The van der Waals surface area contributed by atoms with Crippen molar-refractivity contribution in [2.75, 3.05) is 14.2 Å². The van der Waals surface area contributed by atoms with Crippen LogP contribution < -0.4 is 9.47 Å². The summed E-state index contributed by atoms with van der Waals surface area (Å²) in [5.74, 6) is 6.87. The zero-order chi connectivity index (χ0) is 27.1. The Kier molecular flexibility index (Phi) is 8.29. The molecule has 0 fully saturated rings. The van der Waals surface area contributed by atoms with Crippen molar-refractivity contribution in [3.63, 3.8) is 0 Å². The molecule has 1 heterocycles. The molecule has 0 saturated carbocycles. The normalized spacial score (nSPS) is 11.0. The predicted molar refractivity (Wildman–Crippen MR) is 138 cm³/mol. The van der Waals surface area contributed by atoms with Crippen molar-refractivity contribution in [3.05, 3.63) is 106 Å². The Hall–Kier alpha value is -4.35. The highest BCUT2D eigenvalue weighted by atomic mass is 19.4. The third kappa shape index (κ3) is 6.31. The SMILES string of the molecule is COc1cccc(C#Cc2nnc(-c3ccc(C(F)(F)F)cc3OC)c(C)c2COCc2ccccc2)c1. The Morgan fingerprint density at radius 2 is 1.61 bits per heavy atom. The molecule has 0 unspecified atom stereocenters. The fourth-order valence-electron chi connectivity index (χ4n) is 3.83. The van der Waals surface area contributed by atoms with E-state index in [2.05, 4.69) is 22.0 Å². The van der Waals surface area contributed by atoms with E-state index in [0.717, 1.165) is 23.3 Å². The van der Waals surface area contributed by atoms with E-state index < -0.39 is 11.7 Å². The summed E-state index contributed by atoms with van der Waals surface area (Å²) >= 11 is 0. The molecule has 0 amide bonds. The minimum absolute atomic E-state index is 0.0450. The summed E-state index contributed by atoms with van der Waals surface area (Å²) in [6, 6.07) is 20.3. The first kappa shape index (κ1) is 26.7. The Morgan fingerprint density at radius 3 is 2.32 bits per heavy atom. The number of hydrogen-bond acceptors (Lipinski definition) is 5. The zero-order valence-electron chi connectivity index (χ0n) is 21.1. The van der Waals surface area contributed by atoms with Crippen LogP contribution >= 0.6 is 0 Å². The minimum Gasteiger partial charge on any atom is -0.497 e. The van der Waals surface area contributed by atoms with E-state index in [1.165, 1.54) is 13.2 Å². The zero-order valence-corrected chi connectivity index (χ0v) is 21.1. The highest BCUT2D eigenvalue weighted by Gasteiger charge is 2.31. The van der Waals surface area contributed by atoms with Gasteiger partial charge in [-0.25, -0.2) is 0 Å². The average Bonchev–Trinajstić information content (AvgIpc) is 2.93. The van der Waals surface area contributed by atoms with E-state index in [1.807, 2.05) is 55.5 Å². The lowest BCUT2D eigenvalue weighted by Gasteiger charge is -2.16. The Labute approximate surface area is 219 Å². The third-order valence-corrected chi connectivity index (χ3v) is 5.88. The van der Waals surface area contributed by atoms with Crippen molar-refractivity contribution in [1.29, 1.82) is 0 Å². The molecule has 194 valence electrons. The summed E-state index contributed by atoms with van der Waals surface area (Å²) in [5.41, 5.74) is 3.48. The highest BCUT2D eigenvalue weighted by molar-refractivity contribution is 5.72. The van der Waals surface area contributed by atoms with Crippen LogP contribution in [0.25, 0.3) is 11.3 Å². The molecule has 0 saturated heterocycles. The number of hydrogen-bond donors (Lipinski definition) is 0. The monoisotopic (exact) mass is 518 g/mol. The molecule has 3 aromatic carbocycles. The van der Waals surface area contributed by atoms with Crippen molar-refractivity contribution < 1.29 is 27.4 Å². The summed E-state index contributed by atoms with van der Waals surface area (Å²) in [6.45, 7) is 2.36. The van der Waals surface area contributed by atoms with Crippen molar-refractivity contribution in [2.24, 2.45) is 0 Å². The van der Waals surface area contributed by atoms with E-state index in [1.54, 1.807) is 13.2 Å². The summed E-state index contributed by atoms with van der Waals surface area (Å²) in [5, 5.41) is 8.66. The molecule has 38 heavy (non-hydrogen) atoms. The molecule has 0 N–H and O–H groups in total. The van der Waals surface area contributed by atoms with Crippen LogP contribution in [0.5, 0.6) is 11.5 Å². The lowest BCUT2D eigenvalue weighted by Crippen LogP contribution is -2.08. The van der Waals surface area contributed by atoms with Gasteiger partial charge in [-0.15, -0.1) is 10.2 Å². The Bertz CT molecular complexity index is 1480. The maximum Gasteiger partial charge on any atom is 0.416 e. The van der Waals surface area contributed by atoms with Crippen LogP contribution in [-0.4, -0.2) is 24.4 Å². The number of ether oxygens (including phenoxy) is 3. The maximum absolute atomic E-state index is 13.3. The van der Waals surface area contributed by atoms with Crippen molar-refractivity contribution in [3.8, 4) is 34.6 Å². The second-order valence-electron chi connectivity index (χ2n) is 8.37. The number of nitrogens with zero attached hydrogens (tertiary/aromatic N) is 2. The molecular formula is C30H25F3N2O3. The predicted octanol–water partition coefficient (Wildman–Crippen LogP) is 6.60. The van der Waals surface area contributed by atoms with Gasteiger partial charge in [-0.3, -0.25) is 0 Å². The van der Waals surface area contributed by atoms with Crippen LogP contribution in [0.15, 0.2) is 72.8 Å². The van der Waals surface area contributed by atoms with Gasteiger partial charge in [0, 0.05) is 16.7 Å². The molecule has 0 spiro atoms. The van der Waals surface area contributed by atoms with Crippen molar-refractivity contribution in [2.45, 2.75) is 26.3 Å². The topological polar surface area (TPSA) is 53.5 Å². The van der Waals surface area contributed by atoms with Gasteiger partial charge in [0.15, 0.2) is 0 Å². The summed E-state index contributed by atoms with van der Waals surface area (Å²) in [7, 11) is 2.90. The van der Waals surface area contributed by atoms with Gasteiger partial charge in [0.1, 0.15) is 22.9 Å². The van der Waals surface area contributed by atoms with Gasteiger partial charge in [-0.05, 0) is 60.4 Å². The van der Waals surface area contributed by atoms with Gasteiger partial charge in [0.25, 0.3) is 0 Å². The molecule has 8 heteroatoms. The van der Waals surface area contributed by atoms with Gasteiger partial charge in [-0.1, -0.05) is 42.3 Å². The van der Waals surface area contributed by atoms with Crippen LogP contribution in [-0.2, 0) is 24.1 Å². The fraction of sp³-hybridized carbons (Fsp3) is 0.200. The van der Waals surface area contributed by atoms with Gasteiger partial charge >= 0.3 is 6.18 Å². The van der Waals surface area contributed by atoms with Crippen LogP contribution in [0.1, 0.15) is 33.5 Å². The summed E-state index contributed by atoms with van der Waals surface area (Å²) in [6.07, 6.45) is -4.50. The summed E-state index contributed by atoms with van der Waals surface area (Å²) in [4.78, 5) is 0. The van der Waals surface area contributed by atoms with E-state index in [9.17, 15) is 13.2 Å². The molecule has 5 nitrogen and oxygen atoms in total. The summed E-state index contributed by atoms with van der Waals surface area (Å²) < 4.78 is 56.3.